The third-order valence-corrected chi connectivity index (χ3v) is 7.66. The Balaban J connectivity index is 2.06. The lowest BCUT2D eigenvalue weighted by Gasteiger charge is -2.12. The number of fused-ring (bicyclic) bond motifs is 1. The van der Waals surface area contributed by atoms with Gasteiger partial charge in [-0.2, -0.15) is 0 Å². The van der Waals surface area contributed by atoms with Crippen LogP contribution in [-0.4, -0.2) is 18.0 Å². The van der Waals surface area contributed by atoms with E-state index >= 15 is 0 Å². The average molecular weight is 272 g/mol. The summed E-state index contributed by atoms with van der Waals surface area (Å²) < 4.78 is 1.53. The summed E-state index contributed by atoms with van der Waals surface area (Å²) in [7, 11) is -1.21. The van der Waals surface area contributed by atoms with Gasteiger partial charge in [-0.25, -0.2) is 4.98 Å². The summed E-state index contributed by atoms with van der Waals surface area (Å²) in [6.45, 7) is 7.13. The molecular weight excluding hydrogens is 256 g/mol. The van der Waals surface area contributed by atoms with Crippen LogP contribution >= 0.6 is 11.3 Å². The highest BCUT2D eigenvalue weighted by molar-refractivity contribution is 7.28. The second-order valence-corrected chi connectivity index (χ2v) is 12.0. The number of rotatable bonds is 2. The van der Waals surface area contributed by atoms with E-state index in [0.29, 0.717) is 0 Å². The first-order valence-electron chi connectivity index (χ1n) is 6.09. The maximum atomic E-state index is 4.65. The standard InChI is InChI=1S/C14H16N2SSi/c1-18(2,3)13-9-8-12(17-13)14-15-10-6-4-5-7-11(10)16-14/h4-9H,1-3H3,(H,15,16). The zero-order valence-electron chi connectivity index (χ0n) is 10.8. The molecule has 0 atom stereocenters. The number of thiophene rings is 1. The van der Waals surface area contributed by atoms with Crippen LogP contribution in [0.4, 0.5) is 0 Å². The predicted octanol–water partition coefficient (Wildman–Crippen LogP) is 3.84. The van der Waals surface area contributed by atoms with Crippen LogP contribution in [-0.2, 0) is 0 Å². The number of imidazole rings is 1. The third kappa shape index (κ3) is 2.02. The monoisotopic (exact) mass is 272 g/mol. The fraction of sp³-hybridized carbons (Fsp3) is 0.214. The van der Waals surface area contributed by atoms with Gasteiger partial charge in [0.15, 0.2) is 0 Å². The van der Waals surface area contributed by atoms with Crippen molar-refractivity contribution in [2.75, 3.05) is 0 Å². The molecule has 1 aromatic carbocycles. The van der Waals surface area contributed by atoms with Crippen LogP contribution in [0.1, 0.15) is 0 Å². The molecular formula is C14H16N2SSi. The first-order valence-corrected chi connectivity index (χ1v) is 10.4. The molecule has 0 radical (unpaired) electrons. The molecule has 3 rings (SSSR count). The van der Waals surface area contributed by atoms with Crippen molar-refractivity contribution in [1.82, 2.24) is 9.97 Å². The van der Waals surface area contributed by atoms with Crippen LogP contribution in [0, 0.1) is 0 Å². The highest BCUT2D eigenvalue weighted by Gasteiger charge is 2.19. The maximum Gasteiger partial charge on any atom is 0.148 e. The Hall–Kier alpha value is -1.39. The summed E-state index contributed by atoms with van der Waals surface area (Å²) in [5.41, 5.74) is 2.14. The number of hydrogen-bond acceptors (Lipinski definition) is 2. The summed E-state index contributed by atoms with van der Waals surface area (Å²) in [4.78, 5) is 9.28. The molecule has 0 saturated heterocycles. The SMILES string of the molecule is C[Si](C)(C)c1ccc(-c2nc3ccccc3[nH]2)s1. The minimum atomic E-state index is -1.21. The molecule has 2 nitrogen and oxygen atoms in total. The van der Waals surface area contributed by atoms with E-state index < -0.39 is 8.07 Å². The Bertz CT molecular complexity index is 658. The fourth-order valence-corrected chi connectivity index (χ4v) is 4.78. The topological polar surface area (TPSA) is 28.7 Å². The molecule has 0 spiro atoms. The van der Waals surface area contributed by atoms with Crippen LogP contribution in [0.15, 0.2) is 36.4 Å². The van der Waals surface area contributed by atoms with Gasteiger partial charge in [0.1, 0.15) is 5.82 Å². The molecule has 1 N–H and O–H groups in total. The zero-order valence-corrected chi connectivity index (χ0v) is 12.6. The Labute approximate surface area is 112 Å². The zero-order chi connectivity index (χ0) is 12.8. The molecule has 0 aliphatic carbocycles. The van der Waals surface area contributed by atoms with Crippen molar-refractivity contribution in [3.8, 4) is 10.7 Å². The molecule has 0 bridgehead atoms. The van der Waals surface area contributed by atoms with Gasteiger partial charge in [0.2, 0.25) is 0 Å². The number of benzene rings is 1. The van der Waals surface area contributed by atoms with Crippen molar-refractivity contribution >= 4 is 34.9 Å². The van der Waals surface area contributed by atoms with E-state index in [-0.39, 0.29) is 0 Å². The van der Waals surface area contributed by atoms with E-state index in [1.807, 2.05) is 29.5 Å². The maximum absolute atomic E-state index is 4.65. The van der Waals surface area contributed by atoms with Crippen molar-refractivity contribution in [2.45, 2.75) is 19.6 Å². The quantitative estimate of drug-likeness (QED) is 0.706. The van der Waals surface area contributed by atoms with Crippen LogP contribution in [0.5, 0.6) is 0 Å². The van der Waals surface area contributed by atoms with Crippen molar-refractivity contribution in [3.05, 3.63) is 36.4 Å². The van der Waals surface area contributed by atoms with Gasteiger partial charge in [-0.1, -0.05) is 37.8 Å². The van der Waals surface area contributed by atoms with Crippen molar-refractivity contribution in [1.29, 1.82) is 0 Å². The minimum absolute atomic E-state index is 0.991. The van der Waals surface area contributed by atoms with E-state index in [0.717, 1.165) is 16.9 Å². The minimum Gasteiger partial charge on any atom is -0.337 e. The molecule has 0 saturated carbocycles. The van der Waals surface area contributed by atoms with Crippen LogP contribution in [0.3, 0.4) is 0 Å². The number of hydrogen-bond donors (Lipinski definition) is 1. The average Bonchev–Trinajstić information content (AvgIpc) is 2.94. The van der Waals surface area contributed by atoms with Gasteiger partial charge >= 0.3 is 0 Å². The van der Waals surface area contributed by atoms with E-state index in [9.17, 15) is 0 Å². The van der Waals surface area contributed by atoms with Gasteiger partial charge in [0.25, 0.3) is 0 Å². The summed E-state index contributed by atoms with van der Waals surface area (Å²) in [5, 5.41) is 0. The van der Waals surface area contributed by atoms with Crippen molar-refractivity contribution < 1.29 is 0 Å². The molecule has 0 aliphatic heterocycles. The molecule has 0 unspecified atom stereocenters. The van der Waals surface area contributed by atoms with Gasteiger partial charge in [0.05, 0.1) is 24.0 Å². The molecule has 18 heavy (non-hydrogen) atoms. The van der Waals surface area contributed by atoms with E-state index in [1.54, 1.807) is 0 Å². The van der Waals surface area contributed by atoms with E-state index in [2.05, 4.69) is 47.8 Å². The highest BCUT2D eigenvalue weighted by atomic mass is 32.1. The first kappa shape index (κ1) is 11.7. The van der Waals surface area contributed by atoms with Gasteiger partial charge in [-0.05, 0) is 22.7 Å². The summed E-state index contributed by atoms with van der Waals surface area (Å²) in [6.07, 6.45) is 0. The number of para-hydroxylation sites is 2. The number of nitrogens with one attached hydrogen (secondary N) is 1. The van der Waals surface area contributed by atoms with E-state index in [4.69, 9.17) is 0 Å². The summed E-state index contributed by atoms with van der Waals surface area (Å²) >= 11 is 1.88. The normalized spacial score (nSPS) is 12.2. The summed E-state index contributed by atoms with van der Waals surface area (Å²) in [5.74, 6) is 0.991. The van der Waals surface area contributed by atoms with Gasteiger partial charge in [-0.3, -0.25) is 0 Å². The van der Waals surface area contributed by atoms with Crippen molar-refractivity contribution in [3.63, 3.8) is 0 Å². The van der Waals surface area contributed by atoms with Gasteiger partial charge in [-0.15, -0.1) is 11.3 Å². The van der Waals surface area contributed by atoms with Gasteiger partial charge < -0.3 is 4.98 Å². The number of nitrogens with zero attached hydrogens (tertiary/aromatic N) is 1. The van der Waals surface area contributed by atoms with E-state index in [1.165, 1.54) is 9.38 Å². The predicted molar refractivity (Wildman–Crippen MR) is 82.4 cm³/mol. The Morgan fingerprint density at radius 1 is 1.06 bits per heavy atom. The lowest BCUT2D eigenvalue weighted by Crippen LogP contribution is -2.34. The molecule has 0 aliphatic rings. The largest absolute Gasteiger partial charge is 0.337 e. The Kier molecular flexibility index (Phi) is 2.64. The number of H-pyrrole nitrogens is 1. The first-order chi connectivity index (χ1) is 8.54. The van der Waals surface area contributed by atoms with Crippen LogP contribution in [0.2, 0.25) is 19.6 Å². The number of aromatic nitrogens is 2. The lowest BCUT2D eigenvalue weighted by molar-refractivity contribution is 1.36. The highest BCUT2D eigenvalue weighted by Crippen LogP contribution is 2.25. The second-order valence-electron chi connectivity index (χ2n) is 5.52. The Morgan fingerprint density at radius 2 is 1.83 bits per heavy atom. The lowest BCUT2D eigenvalue weighted by atomic mass is 10.3. The third-order valence-electron chi connectivity index (χ3n) is 2.97. The molecule has 2 aromatic heterocycles. The van der Waals surface area contributed by atoms with Crippen LogP contribution in [0.25, 0.3) is 21.7 Å². The second kappa shape index (κ2) is 4.07. The number of aromatic amines is 1. The molecule has 92 valence electrons. The smallest absolute Gasteiger partial charge is 0.148 e. The molecule has 4 heteroatoms. The summed E-state index contributed by atoms with van der Waals surface area (Å²) in [6, 6.07) is 12.6. The molecule has 0 amide bonds. The fourth-order valence-electron chi connectivity index (χ4n) is 1.94. The van der Waals surface area contributed by atoms with Crippen molar-refractivity contribution in [2.24, 2.45) is 0 Å². The van der Waals surface area contributed by atoms with Gasteiger partial charge in [0, 0.05) is 0 Å². The molecule has 0 fully saturated rings. The van der Waals surface area contributed by atoms with Crippen LogP contribution < -0.4 is 4.50 Å². The molecule has 2 heterocycles. The Morgan fingerprint density at radius 3 is 2.50 bits per heavy atom. The molecule has 3 aromatic rings.